The number of rotatable bonds is 5. The molecule has 0 amide bonds. The lowest BCUT2D eigenvalue weighted by Gasteiger charge is -2.00. The minimum Gasteiger partial charge on any atom is -0.258 e. The van der Waals surface area contributed by atoms with Gasteiger partial charge >= 0.3 is 0 Å². The average molecular weight is 310 g/mol. The van der Waals surface area contributed by atoms with Gasteiger partial charge < -0.3 is 0 Å². The third-order valence-corrected chi connectivity index (χ3v) is 3.10. The van der Waals surface area contributed by atoms with Gasteiger partial charge in [-0.25, -0.2) is 4.68 Å². The topological polar surface area (TPSA) is 61.0 Å². The van der Waals surface area contributed by atoms with Crippen molar-refractivity contribution in [3.8, 4) is 5.69 Å². The van der Waals surface area contributed by atoms with Crippen molar-refractivity contribution in [2.24, 2.45) is 0 Å². The summed E-state index contributed by atoms with van der Waals surface area (Å²) in [6.07, 6.45) is 5.68. The van der Waals surface area contributed by atoms with E-state index in [1.54, 1.807) is 23.0 Å². The molecule has 0 spiro atoms. The van der Waals surface area contributed by atoms with E-state index in [0.717, 1.165) is 23.7 Å². The van der Waals surface area contributed by atoms with Crippen molar-refractivity contribution in [3.63, 3.8) is 0 Å². The molecule has 18 heavy (non-hydrogen) atoms. The van der Waals surface area contributed by atoms with E-state index in [4.69, 9.17) is 0 Å². The Labute approximate surface area is 113 Å². The highest BCUT2D eigenvalue weighted by molar-refractivity contribution is 9.09. The van der Waals surface area contributed by atoms with Crippen molar-refractivity contribution >= 4 is 21.6 Å². The molecular formula is C12H12BrN3O2. The van der Waals surface area contributed by atoms with Crippen molar-refractivity contribution in [3.05, 3.63) is 52.3 Å². The van der Waals surface area contributed by atoms with Crippen LogP contribution in [0.2, 0.25) is 0 Å². The van der Waals surface area contributed by atoms with Crippen LogP contribution in [0.15, 0.2) is 36.7 Å². The Morgan fingerprint density at radius 1 is 1.44 bits per heavy atom. The molecule has 2 aromatic rings. The minimum atomic E-state index is -0.404. The summed E-state index contributed by atoms with van der Waals surface area (Å²) in [6, 6.07) is 6.45. The summed E-state index contributed by atoms with van der Waals surface area (Å²) in [6.45, 7) is 0. The number of halogens is 1. The van der Waals surface area contributed by atoms with Gasteiger partial charge in [0.1, 0.15) is 0 Å². The average Bonchev–Trinajstić information content (AvgIpc) is 2.85. The second-order valence-corrected chi connectivity index (χ2v) is 4.66. The van der Waals surface area contributed by atoms with E-state index in [-0.39, 0.29) is 5.69 Å². The Kier molecular flexibility index (Phi) is 4.09. The number of hydrogen-bond acceptors (Lipinski definition) is 3. The molecule has 0 unspecified atom stereocenters. The lowest BCUT2D eigenvalue weighted by Crippen LogP contribution is -1.96. The van der Waals surface area contributed by atoms with Crippen LogP contribution in [0, 0.1) is 10.1 Å². The van der Waals surface area contributed by atoms with Crippen molar-refractivity contribution < 1.29 is 4.92 Å². The molecule has 0 radical (unpaired) electrons. The number of aryl methyl sites for hydroxylation is 1. The van der Waals surface area contributed by atoms with Gasteiger partial charge in [0, 0.05) is 23.7 Å². The summed E-state index contributed by atoms with van der Waals surface area (Å²) >= 11 is 3.38. The summed E-state index contributed by atoms with van der Waals surface area (Å²) in [7, 11) is 0. The van der Waals surface area contributed by atoms with Crippen molar-refractivity contribution in [1.29, 1.82) is 0 Å². The van der Waals surface area contributed by atoms with Gasteiger partial charge in [0.05, 0.1) is 16.8 Å². The predicted molar refractivity (Wildman–Crippen MR) is 72.3 cm³/mol. The first kappa shape index (κ1) is 12.8. The van der Waals surface area contributed by atoms with E-state index in [1.807, 2.05) is 6.20 Å². The molecule has 0 saturated carbocycles. The molecule has 94 valence electrons. The number of non-ortho nitro benzene ring substituents is 1. The fourth-order valence-corrected chi connectivity index (χ4v) is 1.93. The zero-order valence-corrected chi connectivity index (χ0v) is 11.2. The molecule has 2 rings (SSSR count). The van der Waals surface area contributed by atoms with E-state index in [9.17, 15) is 10.1 Å². The number of nitro groups is 1. The molecule has 0 aliphatic rings. The number of hydrogen-bond donors (Lipinski definition) is 0. The molecule has 1 aromatic heterocycles. The Hall–Kier alpha value is -1.69. The molecule has 0 bridgehead atoms. The van der Waals surface area contributed by atoms with E-state index in [1.165, 1.54) is 12.1 Å². The van der Waals surface area contributed by atoms with Gasteiger partial charge in [-0.3, -0.25) is 10.1 Å². The van der Waals surface area contributed by atoms with Crippen LogP contribution in [0.5, 0.6) is 0 Å². The summed E-state index contributed by atoms with van der Waals surface area (Å²) in [5.41, 5.74) is 1.90. The van der Waals surface area contributed by atoms with E-state index >= 15 is 0 Å². The lowest BCUT2D eigenvalue weighted by molar-refractivity contribution is -0.384. The van der Waals surface area contributed by atoms with Gasteiger partial charge in [-0.15, -0.1) is 0 Å². The van der Waals surface area contributed by atoms with Crippen LogP contribution in [0.4, 0.5) is 5.69 Å². The molecule has 0 aliphatic carbocycles. The van der Waals surface area contributed by atoms with E-state index in [2.05, 4.69) is 21.0 Å². The first-order valence-corrected chi connectivity index (χ1v) is 6.67. The second kappa shape index (κ2) is 5.77. The number of benzene rings is 1. The third kappa shape index (κ3) is 2.95. The quantitative estimate of drug-likeness (QED) is 0.484. The molecular weight excluding hydrogens is 298 g/mol. The highest BCUT2D eigenvalue weighted by Crippen LogP contribution is 2.16. The Morgan fingerprint density at radius 3 is 3.00 bits per heavy atom. The number of nitro benzene ring substituents is 1. The molecule has 6 heteroatoms. The van der Waals surface area contributed by atoms with E-state index < -0.39 is 4.92 Å². The maximum atomic E-state index is 10.7. The van der Waals surface area contributed by atoms with Crippen LogP contribution in [-0.4, -0.2) is 20.0 Å². The smallest absolute Gasteiger partial charge is 0.258 e. The van der Waals surface area contributed by atoms with Gasteiger partial charge in [-0.05, 0) is 24.5 Å². The highest BCUT2D eigenvalue weighted by Gasteiger charge is 2.07. The SMILES string of the molecule is O=[N+]([O-])c1cccc(-n2cc(CCCBr)cn2)c1. The number of nitrogens with zero attached hydrogens (tertiary/aromatic N) is 3. The maximum absolute atomic E-state index is 10.7. The minimum absolute atomic E-state index is 0.0741. The Balaban J connectivity index is 2.23. The maximum Gasteiger partial charge on any atom is 0.271 e. The zero-order chi connectivity index (χ0) is 13.0. The van der Waals surface area contributed by atoms with Gasteiger partial charge in [-0.1, -0.05) is 22.0 Å². The molecule has 1 aromatic carbocycles. The van der Waals surface area contributed by atoms with Crippen LogP contribution in [-0.2, 0) is 6.42 Å². The Morgan fingerprint density at radius 2 is 2.28 bits per heavy atom. The van der Waals surface area contributed by atoms with Crippen LogP contribution in [0.25, 0.3) is 5.69 Å². The molecule has 1 heterocycles. The van der Waals surface area contributed by atoms with E-state index in [0.29, 0.717) is 5.69 Å². The van der Waals surface area contributed by atoms with Crippen molar-refractivity contribution in [2.45, 2.75) is 12.8 Å². The van der Waals surface area contributed by atoms with Gasteiger partial charge in [-0.2, -0.15) is 5.10 Å². The van der Waals surface area contributed by atoms with Crippen LogP contribution in [0.3, 0.4) is 0 Å². The molecule has 0 N–H and O–H groups in total. The largest absolute Gasteiger partial charge is 0.271 e. The van der Waals surface area contributed by atoms with Gasteiger partial charge in [0.2, 0.25) is 0 Å². The highest BCUT2D eigenvalue weighted by atomic mass is 79.9. The van der Waals surface area contributed by atoms with Crippen LogP contribution in [0.1, 0.15) is 12.0 Å². The normalized spacial score (nSPS) is 10.5. The number of alkyl halides is 1. The monoisotopic (exact) mass is 309 g/mol. The Bertz CT molecular complexity index is 554. The van der Waals surface area contributed by atoms with Crippen molar-refractivity contribution in [1.82, 2.24) is 9.78 Å². The van der Waals surface area contributed by atoms with Crippen LogP contribution < -0.4 is 0 Å². The van der Waals surface area contributed by atoms with Crippen LogP contribution >= 0.6 is 15.9 Å². The molecule has 0 aliphatic heterocycles. The summed E-state index contributed by atoms with van der Waals surface area (Å²) < 4.78 is 1.66. The first-order valence-electron chi connectivity index (χ1n) is 5.55. The third-order valence-electron chi connectivity index (χ3n) is 2.54. The van der Waals surface area contributed by atoms with Gasteiger partial charge in [0.25, 0.3) is 5.69 Å². The van der Waals surface area contributed by atoms with Crippen molar-refractivity contribution in [2.75, 3.05) is 5.33 Å². The molecule has 0 atom stereocenters. The first-order chi connectivity index (χ1) is 8.70. The summed E-state index contributed by atoms with van der Waals surface area (Å²) in [5.74, 6) is 0. The predicted octanol–water partition coefficient (Wildman–Crippen LogP) is 3.11. The second-order valence-electron chi connectivity index (χ2n) is 3.86. The lowest BCUT2D eigenvalue weighted by atomic mass is 10.2. The summed E-state index contributed by atoms with van der Waals surface area (Å²) in [5, 5.41) is 15.9. The molecule has 0 saturated heterocycles. The standard InChI is InChI=1S/C12H12BrN3O2/c13-6-2-3-10-8-14-15(9-10)11-4-1-5-12(7-11)16(17)18/h1,4-5,7-9H,2-3,6H2. The fraction of sp³-hybridized carbons (Fsp3) is 0.250. The fourth-order valence-electron chi connectivity index (χ4n) is 1.65. The zero-order valence-electron chi connectivity index (χ0n) is 9.62. The molecule has 5 nitrogen and oxygen atoms in total. The summed E-state index contributed by atoms with van der Waals surface area (Å²) in [4.78, 5) is 10.3. The molecule has 0 fully saturated rings. The van der Waals surface area contributed by atoms with Gasteiger partial charge in [0.15, 0.2) is 0 Å². The number of aromatic nitrogens is 2.